The molecule has 1 heterocycles. The molecule has 0 atom stereocenters. The standard InChI is InChI=1S/C23H30N6O.HI/c1-17-7-5-6-8-20(17)15-25-23(26-16-22-28-27-18(2)29(22)3)24-14-13-19-9-11-21(30-4)12-10-19;/h5-12H,13-16H2,1-4H3,(H2,24,25,26);1H. The van der Waals surface area contributed by atoms with Crippen molar-refractivity contribution >= 4 is 29.9 Å². The van der Waals surface area contributed by atoms with Crippen molar-refractivity contribution in [1.29, 1.82) is 0 Å². The Hall–Kier alpha value is -2.62. The number of nitrogens with one attached hydrogen (secondary N) is 2. The normalized spacial score (nSPS) is 11.0. The summed E-state index contributed by atoms with van der Waals surface area (Å²) in [4.78, 5) is 4.78. The van der Waals surface area contributed by atoms with E-state index in [0.29, 0.717) is 13.1 Å². The second-order valence-corrected chi connectivity index (χ2v) is 7.19. The topological polar surface area (TPSA) is 76.4 Å². The summed E-state index contributed by atoms with van der Waals surface area (Å²) in [6, 6.07) is 16.4. The number of rotatable bonds is 8. The molecule has 0 spiro atoms. The molecule has 1 aromatic heterocycles. The number of guanidine groups is 1. The van der Waals surface area contributed by atoms with E-state index < -0.39 is 0 Å². The molecular weight excluding hydrogens is 503 g/mol. The number of aliphatic imine (C=N–C) groups is 1. The van der Waals surface area contributed by atoms with E-state index in [1.165, 1.54) is 16.7 Å². The highest BCUT2D eigenvalue weighted by atomic mass is 127. The van der Waals surface area contributed by atoms with E-state index in [1.54, 1.807) is 7.11 Å². The third-order valence-corrected chi connectivity index (χ3v) is 5.13. The van der Waals surface area contributed by atoms with Crippen molar-refractivity contribution < 1.29 is 4.74 Å². The van der Waals surface area contributed by atoms with Crippen molar-refractivity contribution in [2.45, 2.75) is 33.4 Å². The Morgan fingerprint density at radius 1 is 1.03 bits per heavy atom. The summed E-state index contributed by atoms with van der Waals surface area (Å²) in [6.07, 6.45) is 0.887. The van der Waals surface area contributed by atoms with E-state index in [2.05, 4.69) is 52.0 Å². The summed E-state index contributed by atoms with van der Waals surface area (Å²) < 4.78 is 7.20. The van der Waals surface area contributed by atoms with Crippen molar-refractivity contribution in [3.05, 3.63) is 76.9 Å². The zero-order chi connectivity index (χ0) is 21.3. The van der Waals surface area contributed by atoms with E-state index in [0.717, 1.165) is 36.3 Å². The Kier molecular flexibility index (Phi) is 9.77. The van der Waals surface area contributed by atoms with E-state index >= 15 is 0 Å². The van der Waals surface area contributed by atoms with Crippen LogP contribution in [0, 0.1) is 13.8 Å². The summed E-state index contributed by atoms with van der Waals surface area (Å²) in [5, 5.41) is 15.2. The summed E-state index contributed by atoms with van der Waals surface area (Å²) in [6.45, 7) is 5.99. The Labute approximate surface area is 201 Å². The predicted molar refractivity (Wildman–Crippen MR) is 135 cm³/mol. The Morgan fingerprint density at radius 3 is 2.42 bits per heavy atom. The molecular formula is C23H31IN6O. The fourth-order valence-corrected chi connectivity index (χ4v) is 3.01. The Morgan fingerprint density at radius 2 is 1.77 bits per heavy atom. The maximum Gasteiger partial charge on any atom is 0.191 e. The van der Waals surface area contributed by atoms with Crippen LogP contribution in [0.15, 0.2) is 53.5 Å². The van der Waals surface area contributed by atoms with E-state index in [4.69, 9.17) is 9.73 Å². The van der Waals surface area contributed by atoms with Crippen molar-refractivity contribution in [2.75, 3.05) is 13.7 Å². The van der Waals surface area contributed by atoms with Gasteiger partial charge in [-0.3, -0.25) is 0 Å². The molecule has 166 valence electrons. The fraction of sp³-hybridized carbons (Fsp3) is 0.348. The number of aromatic nitrogens is 3. The molecule has 3 rings (SSSR count). The predicted octanol–water partition coefficient (Wildman–Crippen LogP) is 3.54. The first kappa shape index (κ1) is 24.6. The van der Waals surface area contributed by atoms with Gasteiger partial charge in [-0.25, -0.2) is 4.99 Å². The molecule has 3 aromatic rings. The summed E-state index contributed by atoms with van der Waals surface area (Å²) in [5.41, 5.74) is 3.69. The van der Waals surface area contributed by atoms with Gasteiger partial charge in [-0.2, -0.15) is 0 Å². The minimum Gasteiger partial charge on any atom is -0.497 e. The quantitative estimate of drug-likeness (QED) is 0.263. The number of nitrogens with zero attached hydrogens (tertiary/aromatic N) is 4. The SMILES string of the molecule is COc1ccc(CCNC(=NCc2ccccc2C)NCc2nnc(C)n2C)cc1.I. The van der Waals surface area contributed by atoms with Crippen LogP contribution in [0.5, 0.6) is 5.75 Å². The highest BCUT2D eigenvalue weighted by Crippen LogP contribution is 2.11. The molecule has 0 aliphatic carbocycles. The van der Waals surface area contributed by atoms with Crippen LogP contribution in [-0.4, -0.2) is 34.4 Å². The minimum atomic E-state index is 0. The molecule has 0 amide bonds. The van der Waals surface area contributed by atoms with Gasteiger partial charge in [0.15, 0.2) is 11.8 Å². The summed E-state index contributed by atoms with van der Waals surface area (Å²) in [7, 11) is 3.64. The highest BCUT2D eigenvalue weighted by Gasteiger charge is 2.07. The van der Waals surface area contributed by atoms with Gasteiger partial charge in [-0.15, -0.1) is 34.2 Å². The second kappa shape index (κ2) is 12.3. The largest absolute Gasteiger partial charge is 0.497 e. The molecule has 0 bridgehead atoms. The lowest BCUT2D eigenvalue weighted by Gasteiger charge is -2.13. The number of halogens is 1. The van der Waals surface area contributed by atoms with Crippen molar-refractivity contribution in [2.24, 2.45) is 12.0 Å². The molecule has 7 nitrogen and oxygen atoms in total. The highest BCUT2D eigenvalue weighted by molar-refractivity contribution is 14.0. The third kappa shape index (κ3) is 7.23. The number of methoxy groups -OCH3 is 1. The summed E-state index contributed by atoms with van der Waals surface area (Å²) in [5.74, 6) is 3.38. The smallest absolute Gasteiger partial charge is 0.191 e. The van der Waals surface area contributed by atoms with Gasteiger partial charge < -0.3 is 19.9 Å². The summed E-state index contributed by atoms with van der Waals surface area (Å²) >= 11 is 0. The van der Waals surface area contributed by atoms with Crippen molar-refractivity contribution in [3.8, 4) is 5.75 Å². The Balaban J connectivity index is 0.00000341. The van der Waals surface area contributed by atoms with Crippen LogP contribution in [0.1, 0.15) is 28.3 Å². The van der Waals surface area contributed by atoms with Gasteiger partial charge >= 0.3 is 0 Å². The lowest BCUT2D eigenvalue weighted by atomic mass is 10.1. The molecule has 0 aliphatic rings. The zero-order valence-corrected chi connectivity index (χ0v) is 20.9. The van der Waals surface area contributed by atoms with Crippen LogP contribution >= 0.6 is 24.0 Å². The average Bonchev–Trinajstić information content (AvgIpc) is 3.09. The second-order valence-electron chi connectivity index (χ2n) is 7.19. The fourth-order valence-electron chi connectivity index (χ4n) is 3.01. The lowest BCUT2D eigenvalue weighted by molar-refractivity contribution is 0.414. The minimum absolute atomic E-state index is 0. The first-order valence-electron chi connectivity index (χ1n) is 10.1. The van der Waals surface area contributed by atoms with Crippen molar-refractivity contribution in [3.63, 3.8) is 0 Å². The van der Waals surface area contributed by atoms with Crippen LogP contribution in [0.2, 0.25) is 0 Å². The molecule has 0 unspecified atom stereocenters. The molecule has 0 saturated heterocycles. The molecule has 0 radical (unpaired) electrons. The van der Waals surface area contributed by atoms with Gasteiger partial charge in [0.2, 0.25) is 0 Å². The van der Waals surface area contributed by atoms with Crippen LogP contribution < -0.4 is 15.4 Å². The maximum absolute atomic E-state index is 5.22. The third-order valence-electron chi connectivity index (χ3n) is 5.13. The molecule has 8 heteroatoms. The van der Waals surface area contributed by atoms with Crippen LogP contribution in [0.4, 0.5) is 0 Å². The number of aryl methyl sites for hydroxylation is 2. The van der Waals surface area contributed by atoms with Crippen LogP contribution in [0.3, 0.4) is 0 Å². The van der Waals surface area contributed by atoms with Gasteiger partial charge in [0.1, 0.15) is 11.6 Å². The van der Waals surface area contributed by atoms with Gasteiger partial charge in [-0.1, -0.05) is 36.4 Å². The maximum atomic E-state index is 5.22. The van der Waals surface area contributed by atoms with Gasteiger partial charge in [0.05, 0.1) is 20.2 Å². The number of benzene rings is 2. The monoisotopic (exact) mass is 534 g/mol. The molecule has 0 aliphatic heterocycles. The molecule has 0 saturated carbocycles. The van der Waals surface area contributed by atoms with E-state index in [-0.39, 0.29) is 24.0 Å². The first-order valence-corrected chi connectivity index (χ1v) is 10.1. The zero-order valence-electron chi connectivity index (χ0n) is 18.6. The number of ether oxygens (including phenoxy) is 1. The molecule has 31 heavy (non-hydrogen) atoms. The van der Waals surface area contributed by atoms with Crippen LogP contribution in [0.25, 0.3) is 0 Å². The first-order chi connectivity index (χ1) is 14.6. The molecule has 2 N–H and O–H groups in total. The Bertz CT molecular complexity index is 984. The van der Waals surface area contributed by atoms with Crippen molar-refractivity contribution in [1.82, 2.24) is 25.4 Å². The van der Waals surface area contributed by atoms with Crippen LogP contribution in [-0.2, 0) is 26.6 Å². The van der Waals surface area contributed by atoms with Gasteiger partial charge in [0.25, 0.3) is 0 Å². The molecule has 0 fully saturated rings. The average molecular weight is 534 g/mol. The van der Waals surface area contributed by atoms with Gasteiger partial charge in [-0.05, 0) is 49.1 Å². The van der Waals surface area contributed by atoms with E-state index in [9.17, 15) is 0 Å². The number of hydrogen-bond acceptors (Lipinski definition) is 4. The number of hydrogen-bond donors (Lipinski definition) is 2. The van der Waals surface area contributed by atoms with Gasteiger partial charge in [0, 0.05) is 13.6 Å². The lowest BCUT2D eigenvalue weighted by Crippen LogP contribution is -2.38. The molecule has 2 aromatic carbocycles. The van der Waals surface area contributed by atoms with E-state index in [1.807, 2.05) is 42.8 Å².